The molecule has 0 radical (unpaired) electrons. The quantitative estimate of drug-likeness (QED) is 0.757. The predicted molar refractivity (Wildman–Crippen MR) is 87.6 cm³/mol. The van der Waals surface area contributed by atoms with E-state index >= 15 is 0 Å². The molecule has 0 atom stereocenters. The molecular weight excluding hydrogens is 290 g/mol. The number of nitrogens with zero attached hydrogens (tertiary/aromatic N) is 4. The Labute approximate surface area is 134 Å². The number of hydrogen-bond donors (Lipinski definition) is 1. The predicted octanol–water partition coefficient (Wildman–Crippen LogP) is 1.97. The first-order chi connectivity index (χ1) is 11.2. The van der Waals surface area contributed by atoms with Crippen LogP contribution in [0.25, 0.3) is 11.4 Å². The second kappa shape index (κ2) is 6.91. The molecule has 23 heavy (non-hydrogen) atoms. The molecule has 2 heterocycles. The van der Waals surface area contributed by atoms with Gasteiger partial charge in [0.2, 0.25) is 5.91 Å². The third-order valence-electron chi connectivity index (χ3n) is 3.77. The zero-order valence-electron chi connectivity index (χ0n) is 13.0. The zero-order valence-corrected chi connectivity index (χ0v) is 13.0. The lowest BCUT2D eigenvalue weighted by Gasteiger charge is -2.18. The lowest BCUT2D eigenvalue weighted by Crippen LogP contribution is -2.32. The Hall–Kier alpha value is -2.89. The Morgan fingerprint density at radius 2 is 2.13 bits per heavy atom. The molecule has 1 amide bonds. The van der Waals surface area contributed by atoms with Crippen LogP contribution in [0.5, 0.6) is 0 Å². The van der Waals surface area contributed by atoms with Crippen molar-refractivity contribution in [2.45, 2.75) is 13.0 Å². The molecule has 3 rings (SSSR count). The molecule has 0 aliphatic carbocycles. The van der Waals surface area contributed by atoms with Crippen LogP contribution in [0.2, 0.25) is 0 Å². The van der Waals surface area contributed by atoms with Gasteiger partial charge in [-0.15, -0.1) is 0 Å². The fraction of sp³-hybridized carbons (Fsp3) is 0.235. The van der Waals surface area contributed by atoms with E-state index in [1.165, 1.54) is 0 Å². The maximum Gasteiger partial charge on any atom is 0.242 e. The highest BCUT2D eigenvalue weighted by Gasteiger charge is 2.13. The molecule has 0 saturated carbocycles. The minimum absolute atomic E-state index is 0.0590. The summed E-state index contributed by atoms with van der Waals surface area (Å²) in [6.07, 6.45) is 7.98. The van der Waals surface area contributed by atoms with E-state index in [0.29, 0.717) is 6.54 Å². The Kier molecular flexibility index (Phi) is 4.52. The number of hydrogen-bond acceptors (Lipinski definition) is 3. The van der Waals surface area contributed by atoms with Gasteiger partial charge in [-0.3, -0.25) is 9.89 Å². The summed E-state index contributed by atoms with van der Waals surface area (Å²) < 4.78 is 1.88. The Morgan fingerprint density at radius 1 is 1.30 bits per heavy atom. The monoisotopic (exact) mass is 309 g/mol. The van der Waals surface area contributed by atoms with Gasteiger partial charge in [0.1, 0.15) is 12.4 Å². The molecule has 0 saturated heterocycles. The normalized spacial score (nSPS) is 10.7. The largest absolute Gasteiger partial charge is 0.344 e. The van der Waals surface area contributed by atoms with Crippen LogP contribution in [-0.4, -0.2) is 44.1 Å². The van der Waals surface area contributed by atoms with Crippen LogP contribution in [0.4, 0.5) is 0 Å². The minimum atomic E-state index is 0.0590. The zero-order chi connectivity index (χ0) is 16.1. The first kappa shape index (κ1) is 15.0. The molecule has 6 nitrogen and oxygen atoms in total. The van der Waals surface area contributed by atoms with Crippen molar-refractivity contribution in [3.63, 3.8) is 0 Å². The second-order valence-corrected chi connectivity index (χ2v) is 5.42. The molecule has 1 aromatic carbocycles. The van der Waals surface area contributed by atoms with E-state index in [1.54, 1.807) is 17.3 Å². The van der Waals surface area contributed by atoms with Crippen molar-refractivity contribution in [2.24, 2.45) is 0 Å². The Bertz CT molecular complexity index is 748. The number of aromatic nitrogens is 4. The van der Waals surface area contributed by atoms with Gasteiger partial charge < -0.3 is 9.47 Å². The van der Waals surface area contributed by atoms with Crippen LogP contribution < -0.4 is 0 Å². The lowest BCUT2D eigenvalue weighted by molar-refractivity contribution is -0.130. The van der Waals surface area contributed by atoms with Gasteiger partial charge >= 0.3 is 0 Å². The SMILES string of the molecule is CN(CCc1cn[nH]c1)C(=O)Cn1ccnc1-c1ccccc1. The second-order valence-electron chi connectivity index (χ2n) is 5.42. The van der Waals surface area contributed by atoms with Gasteiger partial charge in [-0.1, -0.05) is 30.3 Å². The van der Waals surface area contributed by atoms with Gasteiger partial charge in [-0.2, -0.15) is 5.10 Å². The molecule has 0 spiro atoms. The average molecular weight is 309 g/mol. The Morgan fingerprint density at radius 3 is 2.87 bits per heavy atom. The molecule has 1 N–H and O–H groups in total. The van der Waals surface area contributed by atoms with Crippen LogP contribution in [0.15, 0.2) is 55.1 Å². The number of likely N-dealkylation sites (N-methyl/N-ethyl adjacent to an activating group) is 1. The number of carbonyl (C=O) groups excluding carboxylic acids is 1. The van der Waals surface area contributed by atoms with Crippen molar-refractivity contribution >= 4 is 5.91 Å². The van der Waals surface area contributed by atoms with Gasteiger partial charge in [0.05, 0.1) is 6.20 Å². The summed E-state index contributed by atoms with van der Waals surface area (Å²) in [5.74, 6) is 0.867. The van der Waals surface area contributed by atoms with Crippen LogP contribution in [-0.2, 0) is 17.8 Å². The van der Waals surface area contributed by atoms with Gasteiger partial charge in [0, 0.05) is 37.7 Å². The number of rotatable bonds is 6. The van der Waals surface area contributed by atoms with Crippen LogP contribution in [0.1, 0.15) is 5.56 Å². The topological polar surface area (TPSA) is 66.8 Å². The smallest absolute Gasteiger partial charge is 0.242 e. The molecule has 2 aromatic heterocycles. The molecule has 3 aromatic rings. The summed E-state index contributed by atoms with van der Waals surface area (Å²) in [6.45, 7) is 0.944. The van der Waals surface area contributed by atoms with Gasteiger partial charge in [-0.05, 0) is 12.0 Å². The molecule has 0 bridgehead atoms. The molecule has 0 aliphatic heterocycles. The highest BCUT2D eigenvalue weighted by Crippen LogP contribution is 2.16. The third-order valence-corrected chi connectivity index (χ3v) is 3.77. The minimum Gasteiger partial charge on any atom is -0.344 e. The number of nitrogens with one attached hydrogen (secondary N) is 1. The number of amides is 1. The van der Waals surface area contributed by atoms with E-state index in [2.05, 4.69) is 15.2 Å². The van der Waals surface area contributed by atoms with E-state index in [-0.39, 0.29) is 12.5 Å². The van der Waals surface area contributed by atoms with Crippen molar-refractivity contribution in [3.05, 3.63) is 60.7 Å². The third kappa shape index (κ3) is 3.66. The van der Waals surface area contributed by atoms with Crippen molar-refractivity contribution < 1.29 is 4.79 Å². The maximum atomic E-state index is 12.4. The summed E-state index contributed by atoms with van der Waals surface area (Å²) in [7, 11) is 1.82. The fourth-order valence-corrected chi connectivity index (χ4v) is 2.39. The number of H-pyrrole nitrogens is 1. The Balaban J connectivity index is 1.63. The molecule has 0 aliphatic rings. The first-order valence-corrected chi connectivity index (χ1v) is 7.52. The van der Waals surface area contributed by atoms with Crippen molar-refractivity contribution in [1.29, 1.82) is 0 Å². The number of aromatic amines is 1. The summed E-state index contributed by atoms with van der Waals surface area (Å²) in [5, 5.41) is 6.69. The fourth-order valence-electron chi connectivity index (χ4n) is 2.39. The van der Waals surface area contributed by atoms with Crippen molar-refractivity contribution in [2.75, 3.05) is 13.6 Å². The van der Waals surface area contributed by atoms with Crippen molar-refractivity contribution in [1.82, 2.24) is 24.6 Å². The van der Waals surface area contributed by atoms with E-state index < -0.39 is 0 Å². The van der Waals surface area contributed by atoms with Crippen LogP contribution in [0.3, 0.4) is 0 Å². The van der Waals surface area contributed by atoms with E-state index in [0.717, 1.165) is 23.4 Å². The number of carbonyl (C=O) groups is 1. The van der Waals surface area contributed by atoms with Crippen molar-refractivity contribution in [3.8, 4) is 11.4 Å². The van der Waals surface area contributed by atoms with Gasteiger partial charge in [0.25, 0.3) is 0 Å². The van der Waals surface area contributed by atoms with E-state index in [1.807, 2.05) is 54.3 Å². The highest BCUT2D eigenvalue weighted by atomic mass is 16.2. The summed E-state index contributed by atoms with van der Waals surface area (Å²) in [4.78, 5) is 18.5. The van der Waals surface area contributed by atoms with Crippen LogP contribution >= 0.6 is 0 Å². The molecule has 0 unspecified atom stereocenters. The number of benzene rings is 1. The van der Waals surface area contributed by atoms with Crippen LogP contribution in [0, 0.1) is 0 Å². The summed E-state index contributed by atoms with van der Waals surface area (Å²) in [5.41, 5.74) is 2.10. The van der Waals surface area contributed by atoms with E-state index in [9.17, 15) is 4.79 Å². The average Bonchev–Trinajstić information content (AvgIpc) is 3.25. The van der Waals surface area contributed by atoms with Gasteiger partial charge in [0.15, 0.2) is 0 Å². The lowest BCUT2D eigenvalue weighted by atomic mass is 10.2. The maximum absolute atomic E-state index is 12.4. The summed E-state index contributed by atoms with van der Waals surface area (Å²) in [6, 6.07) is 9.88. The number of imidazole rings is 1. The molecule has 0 fully saturated rings. The highest BCUT2D eigenvalue weighted by molar-refractivity contribution is 5.76. The molecular formula is C17H19N5O. The molecule has 6 heteroatoms. The first-order valence-electron chi connectivity index (χ1n) is 7.52. The summed E-state index contributed by atoms with van der Waals surface area (Å²) >= 11 is 0. The standard InChI is InChI=1S/C17H19N5O/c1-21(9-7-14-11-19-20-12-14)16(23)13-22-10-8-18-17(22)15-5-3-2-4-6-15/h2-6,8,10-12H,7,9,13H2,1H3,(H,19,20). The van der Waals surface area contributed by atoms with E-state index in [4.69, 9.17) is 0 Å². The molecule has 118 valence electrons. The van der Waals surface area contributed by atoms with Gasteiger partial charge in [-0.25, -0.2) is 4.98 Å².